The van der Waals surface area contributed by atoms with Gasteiger partial charge in [0, 0.05) is 0 Å². The van der Waals surface area contributed by atoms with E-state index in [1.165, 1.54) is 0 Å². The SMILES string of the molecule is O=C(O)C[C@H](O)C(=O)O.OCC(O)CO. The van der Waals surface area contributed by atoms with Gasteiger partial charge in [-0.25, -0.2) is 4.79 Å². The standard InChI is InChI=1S/C4H6O5.C3H8O3/c5-2(4(8)9)1-3(6)7;4-1-3(6)2-5/h2,5H,1H2,(H,6,7)(H,8,9);3-6H,1-2H2/t2-;/m0./s1. The molecule has 0 aromatic rings. The van der Waals surface area contributed by atoms with Crippen LogP contribution in [0.5, 0.6) is 0 Å². The molecule has 0 unspecified atom stereocenters. The third kappa shape index (κ3) is 12.8. The maximum Gasteiger partial charge on any atom is 0.333 e. The monoisotopic (exact) mass is 226 g/mol. The molecule has 0 rings (SSSR count). The third-order valence-electron chi connectivity index (χ3n) is 1.07. The average molecular weight is 226 g/mol. The molecular formula is C7H14O8. The number of aliphatic carboxylic acids is 2. The molecule has 90 valence electrons. The first-order valence-corrected chi connectivity index (χ1v) is 3.87. The van der Waals surface area contributed by atoms with Crippen LogP contribution >= 0.6 is 0 Å². The predicted octanol–water partition coefficient (Wildman–Crippen LogP) is -2.76. The zero-order valence-corrected chi connectivity index (χ0v) is 7.78. The number of aliphatic hydroxyl groups is 4. The Kier molecular flexibility index (Phi) is 10.1. The lowest BCUT2D eigenvalue weighted by Crippen LogP contribution is -2.22. The first-order chi connectivity index (χ1) is 6.84. The zero-order valence-electron chi connectivity index (χ0n) is 7.78. The summed E-state index contributed by atoms with van der Waals surface area (Å²) in [7, 11) is 0. The largest absolute Gasteiger partial charge is 0.481 e. The number of carboxylic acids is 2. The van der Waals surface area contributed by atoms with Gasteiger partial charge in [-0.05, 0) is 0 Å². The topological polar surface area (TPSA) is 156 Å². The highest BCUT2D eigenvalue weighted by molar-refractivity contribution is 5.79. The van der Waals surface area contributed by atoms with E-state index in [1.807, 2.05) is 0 Å². The highest BCUT2D eigenvalue weighted by Gasteiger charge is 2.16. The van der Waals surface area contributed by atoms with E-state index in [9.17, 15) is 9.59 Å². The summed E-state index contributed by atoms with van der Waals surface area (Å²) in [6, 6.07) is 0. The number of aliphatic hydroxyl groups excluding tert-OH is 4. The first kappa shape index (κ1) is 16.2. The van der Waals surface area contributed by atoms with E-state index in [0.717, 1.165) is 0 Å². The smallest absolute Gasteiger partial charge is 0.333 e. The molecule has 0 spiro atoms. The van der Waals surface area contributed by atoms with Crippen molar-refractivity contribution in [3.8, 4) is 0 Å². The Morgan fingerprint density at radius 3 is 1.47 bits per heavy atom. The van der Waals surface area contributed by atoms with Crippen LogP contribution in [-0.4, -0.2) is 68.0 Å². The van der Waals surface area contributed by atoms with Crippen molar-refractivity contribution in [1.82, 2.24) is 0 Å². The Bertz CT molecular complexity index is 187. The van der Waals surface area contributed by atoms with Crippen LogP contribution in [0.3, 0.4) is 0 Å². The van der Waals surface area contributed by atoms with Crippen molar-refractivity contribution < 1.29 is 40.2 Å². The number of hydrogen-bond donors (Lipinski definition) is 6. The molecule has 0 heterocycles. The summed E-state index contributed by atoms with van der Waals surface area (Å²) in [6.45, 7) is -0.729. The van der Waals surface area contributed by atoms with Crippen molar-refractivity contribution in [3.63, 3.8) is 0 Å². The fourth-order valence-electron chi connectivity index (χ4n) is 0.310. The molecule has 8 nitrogen and oxygen atoms in total. The van der Waals surface area contributed by atoms with Crippen LogP contribution in [0, 0.1) is 0 Å². The van der Waals surface area contributed by atoms with Crippen LogP contribution in [0.2, 0.25) is 0 Å². The van der Waals surface area contributed by atoms with Gasteiger partial charge in [-0.15, -0.1) is 0 Å². The molecule has 0 aromatic carbocycles. The molecule has 0 fully saturated rings. The molecule has 0 amide bonds. The molecule has 0 saturated heterocycles. The van der Waals surface area contributed by atoms with Gasteiger partial charge in [0.15, 0.2) is 6.10 Å². The van der Waals surface area contributed by atoms with E-state index in [2.05, 4.69) is 0 Å². The lowest BCUT2D eigenvalue weighted by atomic mass is 10.3. The predicted molar refractivity (Wildman–Crippen MR) is 46.1 cm³/mol. The summed E-state index contributed by atoms with van der Waals surface area (Å²) < 4.78 is 0. The Morgan fingerprint density at radius 2 is 1.40 bits per heavy atom. The van der Waals surface area contributed by atoms with E-state index >= 15 is 0 Å². The number of carbonyl (C=O) groups is 2. The summed E-state index contributed by atoms with van der Waals surface area (Å²) in [4.78, 5) is 19.4. The average Bonchev–Trinajstić information content (AvgIpc) is 2.16. The summed E-state index contributed by atoms with van der Waals surface area (Å²) in [5.41, 5.74) is 0. The Hall–Kier alpha value is -1.22. The molecule has 0 bridgehead atoms. The van der Waals surface area contributed by atoms with E-state index in [0.29, 0.717) is 0 Å². The second-order valence-electron chi connectivity index (χ2n) is 2.47. The molecule has 1 atom stereocenters. The Morgan fingerprint density at radius 1 is 1.00 bits per heavy atom. The highest BCUT2D eigenvalue weighted by Crippen LogP contribution is 1.89. The lowest BCUT2D eigenvalue weighted by molar-refractivity contribution is -0.152. The summed E-state index contributed by atoms with van der Waals surface area (Å²) in [5, 5.41) is 48.2. The molecule has 15 heavy (non-hydrogen) atoms. The highest BCUT2D eigenvalue weighted by atomic mass is 16.4. The molecule has 0 aliphatic carbocycles. The molecule has 6 N–H and O–H groups in total. The zero-order chi connectivity index (χ0) is 12.4. The van der Waals surface area contributed by atoms with Crippen LogP contribution in [0.15, 0.2) is 0 Å². The van der Waals surface area contributed by atoms with Crippen molar-refractivity contribution in [2.24, 2.45) is 0 Å². The molecular weight excluding hydrogens is 212 g/mol. The van der Waals surface area contributed by atoms with Gasteiger partial charge in [-0.2, -0.15) is 0 Å². The van der Waals surface area contributed by atoms with E-state index in [-0.39, 0.29) is 13.2 Å². The fourth-order valence-corrected chi connectivity index (χ4v) is 0.310. The minimum atomic E-state index is -1.79. The van der Waals surface area contributed by atoms with Crippen LogP contribution in [0.25, 0.3) is 0 Å². The van der Waals surface area contributed by atoms with Crippen molar-refractivity contribution >= 4 is 11.9 Å². The van der Waals surface area contributed by atoms with Gasteiger partial charge in [0.05, 0.1) is 19.6 Å². The van der Waals surface area contributed by atoms with Gasteiger partial charge in [-0.3, -0.25) is 4.79 Å². The van der Waals surface area contributed by atoms with Crippen molar-refractivity contribution in [1.29, 1.82) is 0 Å². The van der Waals surface area contributed by atoms with Gasteiger partial charge < -0.3 is 30.6 Å². The summed E-state index contributed by atoms with van der Waals surface area (Å²) >= 11 is 0. The van der Waals surface area contributed by atoms with Gasteiger partial charge in [-0.1, -0.05) is 0 Å². The molecule has 0 aliphatic heterocycles. The van der Waals surface area contributed by atoms with Crippen molar-refractivity contribution in [3.05, 3.63) is 0 Å². The second-order valence-corrected chi connectivity index (χ2v) is 2.47. The number of hydrogen-bond acceptors (Lipinski definition) is 6. The van der Waals surface area contributed by atoms with Crippen LogP contribution in [-0.2, 0) is 9.59 Å². The third-order valence-corrected chi connectivity index (χ3v) is 1.07. The minimum absolute atomic E-state index is 0.365. The minimum Gasteiger partial charge on any atom is -0.481 e. The van der Waals surface area contributed by atoms with Crippen molar-refractivity contribution in [2.75, 3.05) is 13.2 Å². The van der Waals surface area contributed by atoms with Crippen LogP contribution in [0.1, 0.15) is 6.42 Å². The van der Waals surface area contributed by atoms with E-state index in [4.69, 9.17) is 30.6 Å². The van der Waals surface area contributed by atoms with E-state index < -0.39 is 30.6 Å². The molecule has 0 saturated carbocycles. The molecule has 0 aliphatic rings. The molecule has 8 heteroatoms. The first-order valence-electron chi connectivity index (χ1n) is 3.87. The molecule has 0 radical (unpaired) electrons. The van der Waals surface area contributed by atoms with E-state index in [1.54, 1.807) is 0 Å². The number of rotatable bonds is 5. The quantitative estimate of drug-likeness (QED) is 0.294. The molecule has 0 aromatic heterocycles. The second kappa shape index (κ2) is 9.34. The lowest BCUT2D eigenvalue weighted by Gasteiger charge is -1.97. The van der Waals surface area contributed by atoms with Gasteiger partial charge in [0.2, 0.25) is 0 Å². The Labute approximate surface area is 85.0 Å². The van der Waals surface area contributed by atoms with Crippen LogP contribution in [0.4, 0.5) is 0 Å². The summed E-state index contributed by atoms with van der Waals surface area (Å²) in [6.07, 6.45) is -3.50. The Balaban J connectivity index is 0. The van der Waals surface area contributed by atoms with Gasteiger partial charge in [0.1, 0.15) is 6.10 Å². The van der Waals surface area contributed by atoms with Gasteiger partial charge >= 0.3 is 11.9 Å². The summed E-state index contributed by atoms with van der Waals surface area (Å²) in [5.74, 6) is -2.85. The number of carboxylic acid groups (broad SMARTS) is 2. The van der Waals surface area contributed by atoms with Crippen LogP contribution < -0.4 is 0 Å². The normalized spacial score (nSPS) is 11.5. The van der Waals surface area contributed by atoms with Crippen molar-refractivity contribution in [2.45, 2.75) is 18.6 Å². The maximum absolute atomic E-state index is 9.72. The van der Waals surface area contributed by atoms with Gasteiger partial charge in [0.25, 0.3) is 0 Å². The fraction of sp³-hybridized carbons (Fsp3) is 0.714. The maximum atomic E-state index is 9.72.